The summed E-state index contributed by atoms with van der Waals surface area (Å²) in [4.78, 5) is 10.8. The van der Waals surface area contributed by atoms with E-state index in [2.05, 4.69) is 13.8 Å². The van der Waals surface area contributed by atoms with Gasteiger partial charge in [0.15, 0.2) is 5.78 Å². The molecule has 0 spiro atoms. The molecule has 2 heteroatoms. The lowest BCUT2D eigenvalue weighted by molar-refractivity contribution is -0.113. The Bertz CT molecular complexity index is 147. The van der Waals surface area contributed by atoms with Crippen LogP contribution in [0, 0.1) is 5.92 Å². The van der Waals surface area contributed by atoms with E-state index in [-0.39, 0.29) is 5.78 Å². The predicted octanol–water partition coefficient (Wildman–Crippen LogP) is 2.74. The Morgan fingerprint density at radius 1 is 1.60 bits per heavy atom. The molecule has 10 heavy (non-hydrogen) atoms. The summed E-state index contributed by atoms with van der Waals surface area (Å²) in [6, 6.07) is 0. The molecule has 0 saturated heterocycles. The molecule has 0 rings (SSSR count). The molecule has 0 bridgehead atoms. The molecule has 0 N–H and O–H groups in total. The van der Waals surface area contributed by atoms with Crippen molar-refractivity contribution in [3.63, 3.8) is 0 Å². The van der Waals surface area contributed by atoms with Gasteiger partial charge in [-0.05, 0) is 19.3 Å². The maximum absolute atomic E-state index is 10.8. The molecule has 0 aliphatic rings. The fourth-order valence-corrected chi connectivity index (χ4v) is 0.948. The van der Waals surface area contributed by atoms with Crippen molar-refractivity contribution in [2.45, 2.75) is 27.2 Å². The quantitative estimate of drug-likeness (QED) is 0.581. The first-order chi connectivity index (χ1) is 4.57. The molecule has 0 aromatic heterocycles. The molecule has 0 aromatic rings. The first-order valence-electron chi connectivity index (χ1n) is 3.38. The van der Waals surface area contributed by atoms with Gasteiger partial charge in [0, 0.05) is 11.1 Å². The second kappa shape index (κ2) is 4.51. The number of carbonyl (C=O) groups excluding carboxylic acids is 1. The average molecular weight is 161 g/mol. The van der Waals surface area contributed by atoms with Crippen molar-refractivity contribution in [2.75, 3.05) is 0 Å². The molecule has 0 aliphatic carbocycles. The Labute approximate surface area is 67.1 Å². The number of carbonyl (C=O) groups is 1. The van der Waals surface area contributed by atoms with Gasteiger partial charge >= 0.3 is 0 Å². The lowest BCUT2D eigenvalue weighted by atomic mass is 10.0. The Morgan fingerprint density at radius 2 is 2.10 bits per heavy atom. The van der Waals surface area contributed by atoms with E-state index in [1.54, 1.807) is 0 Å². The van der Waals surface area contributed by atoms with E-state index in [0.717, 1.165) is 12.0 Å². The number of Topliss-reactive ketones (excluding diaryl/α,β-unsaturated/α-hetero) is 1. The summed E-state index contributed by atoms with van der Waals surface area (Å²) in [7, 11) is 0. The molecular weight excluding hydrogens is 148 g/mol. The number of rotatable bonds is 3. The molecule has 0 fully saturated rings. The van der Waals surface area contributed by atoms with Crippen molar-refractivity contribution in [1.82, 2.24) is 0 Å². The van der Waals surface area contributed by atoms with Gasteiger partial charge in [0.1, 0.15) is 0 Å². The number of hydrogen-bond donors (Lipinski definition) is 0. The van der Waals surface area contributed by atoms with Crippen molar-refractivity contribution in [3.05, 3.63) is 11.1 Å². The third-order valence-electron chi connectivity index (χ3n) is 1.21. The van der Waals surface area contributed by atoms with Crippen LogP contribution in [0.2, 0.25) is 0 Å². The van der Waals surface area contributed by atoms with E-state index >= 15 is 0 Å². The highest BCUT2D eigenvalue weighted by Gasteiger charge is 2.04. The second-order valence-electron chi connectivity index (χ2n) is 2.79. The Morgan fingerprint density at radius 3 is 2.20 bits per heavy atom. The molecular formula is C8H13ClO. The standard InChI is InChI=1S/C8H13ClO/c1-6(2)4-8(5-9)7(3)10/h5-6H,4H2,1-3H3/b8-5+. The second-order valence-corrected chi connectivity index (χ2v) is 3.01. The minimum atomic E-state index is 0.0729. The summed E-state index contributed by atoms with van der Waals surface area (Å²) in [5, 5.41) is 0. The zero-order valence-electron chi connectivity index (χ0n) is 6.65. The van der Waals surface area contributed by atoms with Gasteiger partial charge in [-0.3, -0.25) is 4.79 Å². The smallest absolute Gasteiger partial charge is 0.156 e. The molecule has 0 saturated carbocycles. The van der Waals surface area contributed by atoms with E-state index in [4.69, 9.17) is 11.6 Å². The molecule has 0 aromatic carbocycles. The van der Waals surface area contributed by atoms with Crippen LogP contribution in [0.15, 0.2) is 11.1 Å². The van der Waals surface area contributed by atoms with Gasteiger partial charge in [0.05, 0.1) is 0 Å². The minimum Gasteiger partial charge on any atom is -0.295 e. The SMILES string of the molecule is CC(=O)/C(=C/Cl)CC(C)C. The van der Waals surface area contributed by atoms with Crippen LogP contribution in [0.1, 0.15) is 27.2 Å². The van der Waals surface area contributed by atoms with Crippen LogP contribution in [0.5, 0.6) is 0 Å². The van der Waals surface area contributed by atoms with Crippen LogP contribution >= 0.6 is 11.6 Å². The summed E-state index contributed by atoms with van der Waals surface area (Å²) >= 11 is 5.42. The molecule has 58 valence electrons. The van der Waals surface area contributed by atoms with Gasteiger partial charge in [0.25, 0.3) is 0 Å². The van der Waals surface area contributed by atoms with Crippen molar-refractivity contribution in [1.29, 1.82) is 0 Å². The monoisotopic (exact) mass is 160 g/mol. The largest absolute Gasteiger partial charge is 0.295 e. The van der Waals surface area contributed by atoms with Crippen molar-refractivity contribution in [3.8, 4) is 0 Å². The highest BCUT2D eigenvalue weighted by Crippen LogP contribution is 2.12. The number of allylic oxidation sites excluding steroid dienone is 1. The van der Waals surface area contributed by atoms with Crippen molar-refractivity contribution >= 4 is 17.4 Å². The maximum atomic E-state index is 10.8. The highest BCUT2D eigenvalue weighted by molar-refractivity contribution is 6.27. The summed E-state index contributed by atoms with van der Waals surface area (Å²) in [6.45, 7) is 5.66. The first kappa shape index (κ1) is 9.70. The lowest BCUT2D eigenvalue weighted by Gasteiger charge is -2.03. The third-order valence-corrected chi connectivity index (χ3v) is 1.48. The zero-order valence-corrected chi connectivity index (χ0v) is 7.40. The molecule has 0 heterocycles. The average Bonchev–Trinajstić information content (AvgIpc) is 1.81. The summed E-state index contributed by atoms with van der Waals surface area (Å²) in [5.41, 5.74) is 2.10. The molecule has 0 amide bonds. The summed E-state index contributed by atoms with van der Waals surface area (Å²) in [6.07, 6.45) is 0.777. The van der Waals surface area contributed by atoms with Gasteiger partial charge in [0.2, 0.25) is 0 Å². The molecule has 0 aliphatic heterocycles. The minimum absolute atomic E-state index is 0.0729. The van der Waals surface area contributed by atoms with E-state index in [1.807, 2.05) is 0 Å². The summed E-state index contributed by atoms with van der Waals surface area (Å²) in [5.74, 6) is 0.567. The number of ketones is 1. The van der Waals surface area contributed by atoms with Crippen molar-refractivity contribution in [2.24, 2.45) is 5.92 Å². The Balaban J connectivity index is 3.99. The zero-order chi connectivity index (χ0) is 8.15. The molecule has 0 radical (unpaired) electrons. The predicted molar refractivity (Wildman–Crippen MR) is 44.1 cm³/mol. The van der Waals surface area contributed by atoms with Crippen LogP contribution in [-0.2, 0) is 4.79 Å². The maximum Gasteiger partial charge on any atom is 0.156 e. The number of halogens is 1. The Hall–Kier alpha value is -0.300. The third kappa shape index (κ3) is 3.67. The van der Waals surface area contributed by atoms with Crippen LogP contribution < -0.4 is 0 Å². The van der Waals surface area contributed by atoms with Crippen LogP contribution in [-0.4, -0.2) is 5.78 Å². The molecule has 0 atom stereocenters. The normalized spacial score (nSPS) is 12.3. The lowest BCUT2D eigenvalue weighted by Crippen LogP contribution is -1.99. The fraction of sp³-hybridized carbons (Fsp3) is 0.625. The van der Waals surface area contributed by atoms with Crippen LogP contribution in [0.3, 0.4) is 0 Å². The van der Waals surface area contributed by atoms with Crippen molar-refractivity contribution < 1.29 is 4.79 Å². The van der Waals surface area contributed by atoms with E-state index < -0.39 is 0 Å². The van der Waals surface area contributed by atoms with E-state index in [0.29, 0.717) is 5.92 Å². The Kier molecular flexibility index (Phi) is 4.37. The van der Waals surface area contributed by atoms with Gasteiger partial charge in [-0.15, -0.1) is 0 Å². The summed E-state index contributed by atoms with van der Waals surface area (Å²) < 4.78 is 0. The molecule has 1 nitrogen and oxygen atoms in total. The number of hydrogen-bond acceptors (Lipinski definition) is 1. The van der Waals surface area contributed by atoms with Crippen LogP contribution in [0.25, 0.3) is 0 Å². The topological polar surface area (TPSA) is 17.1 Å². The van der Waals surface area contributed by atoms with Crippen LogP contribution in [0.4, 0.5) is 0 Å². The highest BCUT2D eigenvalue weighted by atomic mass is 35.5. The van der Waals surface area contributed by atoms with Gasteiger partial charge in [-0.2, -0.15) is 0 Å². The van der Waals surface area contributed by atoms with Gasteiger partial charge in [-0.25, -0.2) is 0 Å². The van der Waals surface area contributed by atoms with Gasteiger partial charge in [-0.1, -0.05) is 25.4 Å². The first-order valence-corrected chi connectivity index (χ1v) is 3.81. The molecule has 0 unspecified atom stereocenters. The van der Waals surface area contributed by atoms with E-state index in [9.17, 15) is 4.79 Å². The van der Waals surface area contributed by atoms with E-state index in [1.165, 1.54) is 12.5 Å². The fourth-order valence-electron chi connectivity index (χ4n) is 0.705. The van der Waals surface area contributed by atoms with Gasteiger partial charge < -0.3 is 0 Å².